The number of ether oxygens (including phenoxy) is 1. The number of hydrogen-bond acceptors (Lipinski definition) is 5. The highest BCUT2D eigenvalue weighted by atomic mass is 35.5. The lowest BCUT2D eigenvalue weighted by atomic mass is 9.97. The van der Waals surface area contributed by atoms with Crippen LogP contribution in [0, 0.1) is 19.8 Å². The molecular formula is C23H26ClN3O5S. The second kappa shape index (κ2) is 8.96. The summed E-state index contributed by atoms with van der Waals surface area (Å²) in [6.07, 6.45) is 0.129. The van der Waals surface area contributed by atoms with Crippen molar-refractivity contribution in [3.05, 3.63) is 46.5 Å². The van der Waals surface area contributed by atoms with Crippen LogP contribution < -0.4 is 15.4 Å². The van der Waals surface area contributed by atoms with E-state index in [0.717, 1.165) is 5.56 Å². The number of nitrogens with one attached hydrogen (secondary N) is 2. The van der Waals surface area contributed by atoms with Gasteiger partial charge in [0.1, 0.15) is 5.75 Å². The first-order valence-electron chi connectivity index (χ1n) is 10.8. The molecule has 0 aromatic heterocycles. The summed E-state index contributed by atoms with van der Waals surface area (Å²) in [5, 5.41) is 6.18. The van der Waals surface area contributed by atoms with Gasteiger partial charge in [-0.2, -0.15) is 4.31 Å². The molecule has 2 aliphatic rings. The Labute approximate surface area is 198 Å². The number of rotatable bonds is 4. The summed E-state index contributed by atoms with van der Waals surface area (Å²) >= 11 is 6.03. The summed E-state index contributed by atoms with van der Waals surface area (Å²) < 4.78 is 33.7. The molecule has 2 N–H and O–H groups in total. The maximum absolute atomic E-state index is 13.4. The lowest BCUT2D eigenvalue weighted by molar-refractivity contribution is -0.123. The first-order valence-corrected chi connectivity index (χ1v) is 12.6. The Morgan fingerprint density at radius 2 is 1.85 bits per heavy atom. The van der Waals surface area contributed by atoms with Crippen molar-refractivity contribution in [1.29, 1.82) is 0 Å². The van der Waals surface area contributed by atoms with Crippen molar-refractivity contribution in [1.82, 2.24) is 4.31 Å². The van der Waals surface area contributed by atoms with Crippen LogP contribution in [-0.2, 0) is 19.6 Å². The summed E-state index contributed by atoms with van der Waals surface area (Å²) in [6.45, 7) is 5.65. The third-order valence-electron chi connectivity index (χ3n) is 6.11. The summed E-state index contributed by atoms with van der Waals surface area (Å²) in [5.74, 6) is -0.373. The highest BCUT2D eigenvalue weighted by Gasteiger charge is 2.34. The molecule has 10 heteroatoms. The second-order valence-corrected chi connectivity index (χ2v) is 10.8. The van der Waals surface area contributed by atoms with Crippen LogP contribution in [0.1, 0.15) is 30.9 Å². The molecule has 1 saturated heterocycles. The Morgan fingerprint density at radius 1 is 1.15 bits per heavy atom. The molecule has 1 fully saturated rings. The molecule has 2 amide bonds. The Morgan fingerprint density at radius 3 is 2.55 bits per heavy atom. The Balaban J connectivity index is 1.46. The minimum Gasteiger partial charge on any atom is -0.479 e. The molecular weight excluding hydrogens is 466 g/mol. The van der Waals surface area contributed by atoms with Crippen LogP contribution in [0.2, 0.25) is 5.02 Å². The molecule has 1 atom stereocenters. The summed E-state index contributed by atoms with van der Waals surface area (Å²) in [6, 6.07) is 8.39. The molecule has 2 aliphatic heterocycles. The van der Waals surface area contributed by atoms with Crippen LogP contribution in [0.3, 0.4) is 0 Å². The van der Waals surface area contributed by atoms with Gasteiger partial charge in [-0.05, 0) is 62.9 Å². The fourth-order valence-electron chi connectivity index (χ4n) is 4.08. The van der Waals surface area contributed by atoms with Crippen molar-refractivity contribution in [2.24, 2.45) is 5.92 Å². The minimum atomic E-state index is -3.79. The fourth-order valence-corrected chi connectivity index (χ4v) is 5.95. The number of sulfonamides is 1. The third kappa shape index (κ3) is 4.71. The van der Waals surface area contributed by atoms with Crippen LogP contribution in [-0.4, -0.2) is 43.7 Å². The lowest BCUT2D eigenvalue weighted by Gasteiger charge is -2.31. The van der Waals surface area contributed by atoms with E-state index >= 15 is 0 Å². The standard InChI is InChI=1S/C23H26ClN3O5S/c1-13-4-5-17(24)11-18(13)25-23(29)16-6-8-27(9-7-16)33(30,31)21-12-20-19(10-14(21)2)26-22(28)15(3)32-20/h4-5,10-12,15-16H,6-9H2,1-3H3,(H,25,29)(H,26,28)/t15-/m1/s1. The van der Waals surface area contributed by atoms with Crippen molar-refractivity contribution < 1.29 is 22.7 Å². The molecule has 0 radical (unpaired) electrons. The molecule has 176 valence electrons. The highest BCUT2D eigenvalue weighted by molar-refractivity contribution is 7.89. The molecule has 8 nitrogen and oxygen atoms in total. The van der Waals surface area contributed by atoms with E-state index in [-0.39, 0.29) is 35.7 Å². The molecule has 2 aromatic carbocycles. The summed E-state index contributed by atoms with van der Waals surface area (Å²) in [4.78, 5) is 24.7. The van der Waals surface area contributed by atoms with Gasteiger partial charge in [0.25, 0.3) is 5.91 Å². The van der Waals surface area contributed by atoms with Gasteiger partial charge in [-0.1, -0.05) is 17.7 Å². The third-order valence-corrected chi connectivity index (χ3v) is 8.38. The average molecular weight is 492 g/mol. The number of aryl methyl sites for hydroxylation is 2. The average Bonchev–Trinajstić information content (AvgIpc) is 2.77. The SMILES string of the molecule is Cc1ccc(Cl)cc1NC(=O)C1CCN(S(=O)(=O)c2cc3c(cc2C)NC(=O)[C@@H](C)O3)CC1. The van der Waals surface area contributed by atoms with Crippen molar-refractivity contribution >= 4 is 44.8 Å². The van der Waals surface area contributed by atoms with Crippen LogP contribution >= 0.6 is 11.6 Å². The van der Waals surface area contributed by atoms with Gasteiger partial charge >= 0.3 is 0 Å². The zero-order valence-corrected chi connectivity index (χ0v) is 20.2. The molecule has 0 bridgehead atoms. The number of anilines is 2. The van der Waals surface area contributed by atoms with Crippen LogP contribution in [0.15, 0.2) is 35.2 Å². The Bertz CT molecular complexity index is 1220. The van der Waals surface area contributed by atoms with Gasteiger partial charge in [-0.15, -0.1) is 0 Å². The normalized spacial score (nSPS) is 19.4. The number of carbonyl (C=O) groups is 2. The van der Waals surface area contributed by atoms with Crippen molar-refractivity contribution in [3.8, 4) is 5.75 Å². The van der Waals surface area contributed by atoms with E-state index in [9.17, 15) is 18.0 Å². The van der Waals surface area contributed by atoms with Crippen molar-refractivity contribution in [2.45, 2.75) is 44.6 Å². The number of nitrogens with zero attached hydrogens (tertiary/aromatic N) is 1. The number of benzene rings is 2. The van der Waals surface area contributed by atoms with Gasteiger partial charge in [0.15, 0.2) is 6.10 Å². The largest absolute Gasteiger partial charge is 0.479 e. The van der Waals surface area contributed by atoms with E-state index in [1.54, 1.807) is 32.0 Å². The topological polar surface area (TPSA) is 105 Å². The first kappa shape index (κ1) is 23.5. The molecule has 33 heavy (non-hydrogen) atoms. The number of carbonyl (C=O) groups excluding carboxylic acids is 2. The predicted molar refractivity (Wildman–Crippen MR) is 126 cm³/mol. The molecule has 0 spiro atoms. The second-order valence-electron chi connectivity index (χ2n) is 8.49. The van der Waals surface area contributed by atoms with Crippen LogP contribution in [0.25, 0.3) is 0 Å². The Hall–Kier alpha value is -2.62. The zero-order valence-electron chi connectivity index (χ0n) is 18.6. The molecule has 2 aromatic rings. The predicted octanol–water partition coefficient (Wildman–Crippen LogP) is 3.72. The monoisotopic (exact) mass is 491 g/mol. The quantitative estimate of drug-likeness (QED) is 0.678. The summed E-state index contributed by atoms with van der Waals surface area (Å²) in [5.41, 5.74) is 2.54. The van der Waals surface area contributed by atoms with E-state index in [4.69, 9.17) is 16.3 Å². The number of hydrogen-bond donors (Lipinski definition) is 2. The van der Waals surface area contributed by atoms with Gasteiger partial charge in [-0.25, -0.2) is 8.42 Å². The van der Waals surface area contributed by atoms with E-state index in [0.29, 0.717) is 40.6 Å². The minimum absolute atomic E-state index is 0.138. The maximum atomic E-state index is 13.4. The first-order chi connectivity index (χ1) is 15.6. The summed E-state index contributed by atoms with van der Waals surface area (Å²) in [7, 11) is -3.79. The number of halogens is 1. The zero-order chi connectivity index (χ0) is 23.9. The molecule has 0 saturated carbocycles. The highest BCUT2D eigenvalue weighted by Crippen LogP contribution is 2.36. The van der Waals surface area contributed by atoms with Crippen LogP contribution in [0.5, 0.6) is 5.75 Å². The van der Waals surface area contributed by atoms with Gasteiger partial charge in [-0.3, -0.25) is 9.59 Å². The molecule has 4 rings (SSSR count). The molecule has 2 heterocycles. The van der Waals surface area contributed by atoms with Gasteiger partial charge in [0, 0.05) is 35.8 Å². The number of fused-ring (bicyclic) bond motifs is 1. The number of piperidine rings is 1. The van der Waals surface area contributed by atoms with Gasteiger partial charge in [0.2, 0.25) is 15.9 Å². The van der Waals surface area contributed by atoms with Gasteiger partial charge < -0.3 is 15.4 Å². The number of amides is 2. The smallest absolute Gasteiger partial charge is 0.265 e. The maximum Gasteiger partial charge on any atom is 0.265 e. The van der Waals surface area contributed by atoms with E-state index in [1.165, 1.54) is 10.4 Å². The lowest BCUT2D eigenvalue weighted by Crippen LogP contribution is -2.41. The molecule has 0 unspecified atom stereocenters. The van der Waals surface area contributed by atoms with E-state index in [1.807, 2.05) is 13.0 Å². The fraction of sp³-hybridized carbons (Fsp3) is 0.391. The molecule has 0 aliphatic carbocycles. The van der Waals surface area contributed by atoms with E-state index in [2.05, 4.69) is 10.6 Å². The van der Waals surface area contributed by atoms with E-state index < -0.39 is 16.1 Å². The van der Waals surface area contributed by atoms with Gasteiger partial charge in [0.05, 0.1) is 10.6 Å². The van der Waals surface area contributed by atoms with Crippen LogP contribution in [0.4, 0.5) is 11.4 Å². The van der Waals surface area contributed by atoms with Crippen molar-refractivity contribution in [3.63, 3.8) is 0 Å². The Kier molecular flexibility index (Phi) is 6.39. The van der Waals surface area contributed by atoms with Crippen molar-refractivity contribution in [2.75, 3.05) is 23.7 Å².